The Kier molecular flexibility index (Phi) is 6.60. The van der Waals surface area contributed by atoms with Gasteiger partial charge in [0.15, 0.2) is 0 Å². The van der Waals surface area contributed by atoms with Crippen LogP contribution in [0, 0.1) is 0 Å². The van der Waals surface area contributed by atoms with Crippen molar-refractivity contribution < 1.29 is 9.30 Å². The maximum Gasteiger partial charge on any atom is 0.231 e. The van der Waals surface area contributed by atoms with E-state index in [1.54, 1.807) is 20.4 Å². The van der Waals surface area contributed by atoms with E-state index in [4.69, 9.17) is 9.72 Å². The highest BCUT2D eigenvalue weighted by Gasteiger charge is 2.19. The Labute approximate surface area is 211 Å². The van der Waals surface area contributed by atoms with Gasteiger partial charge in [-0.15, -0.1) is 0 Å². The number of aromatic amines is 1. The van der Waals surface area contributed by atoms with Crippen LogP contribution in [-0.4, -0.2) is 73.5 Å². The number of hydrogen-bond acceptors (Lipinski definition) is 8. The van der Waals surface area contributed by atoms with E-state index in [2.05, 4.69) is 49.6 Å². The Morgan fingerprint density at radius 3 is 2.50 bits per heavy atom. The summed E-state index contributed by atoms with van der Waals surface area (Å²) in [7, 11) is 1.33. The van der Waals surface area contributed by atoms with Gasteiger partial charge in [0.25, 0.3) is 0 Å². The quantitative estimate of drug-likeness (QED) is 0.317. The average molecular weight is 506 g/mol. The summed E-state index contributed by atoms with van der Waals surface area (Å²) in [5, 5.41) is 8.34. The maximum absolute atomic E-state index is 12.9. The summed E-state index contributed by atoms with van der Waals surface area (Å²) in [6.45, 7) is 7.58. The van der Waals surface area contributed by atoms with Gasteiger partial charge in [0, 0.05) is 49.4 Å². The molecule has 1 fully saturated rings. The number of piperazine rings is 1. The van der Waals surface area contributed by atoms with Crippen LogP contribution in [0.2, 0.25) is 0 Å². The van der Waals surface area contributed by atoms with Gasteiger partial charge in [0.2, 0.25) is 5.95 Å². The summed E-state index contributed by atoms with van der Waals surface area (Å²) in [6, 6.07) is 15.7. The van der Waals surface area contributed by atoms with Crippen LogP contribution >= 0.6 is 7.14 Å². The molecule has 0 saturated carbocycles. The van der Waals surface area contributed by atoms with Gasteiger partial charge in [-0.05, 0) is 50.7 Å². The number of benzene rings is 2. The second-order valence-electron chi connectivity index (χ2n) is 9.43. The summed E-state index contributed by atoms with van der Waals surface area (Å²) < 4.78 is 18.6. The van der Waals surface area contributed by atoms with E-state index in [-0.39, 0.29) is 0 Å². The molecule has 10 heteroatoms. The number of ether oxygens (including phenoxy) is 1. The van der Waals surface area contributed by atoms with Crippen LogP contribution in [0.5, 0.6) is 5.75 Å². The van der Waals surface area contributed by atoms with Crippen molar-refractivity contribution in [3.63, 3.8) is 0 Å². The van der Waals surface area contributed by atoms with E-state index in [9.17, 15) is 4.57 Å². The van der Waals surface area contributed by atoms with E-state index >= 15 is 0 Å². The molecular weight excluding hydrogens is 473 g/mol. The number of nitrogens with one attached hydrogen (secondary N) is 3. The number of H-pyrrole nitrogens is 1. The average Bonchev–Trinajstić information content (AvgIpc) is 3.34. The lowest BCUT2D eigenvalue weighted by Crippen LogP contribution is -2.44. The van der Waals surface area contributed by atoms with Crippen LogP contribution in [-0.2, 0) is 4.57 Å². The molecule has 188 valence electrons. The molecule has 5 rings (SSSR count). The van der Waals surface area contributed by atoms with E-state index < -0.39 is 7.14 Å². The third-order valence-electron chi connectivity index (χ3n) is 6.45. The van der Waals surface area contributed by atoms with Gasteiger partial charge in [-0.2, -0.15) is 9.97 Å². The minimum Gasteiger partial charge on any atom is -0.494 e. The third kappa shape index (κ3) is 5.03. The molecule has 0 radical (unpaired) electrons. The molecule has 1 aliphatic rings. The van der Waals surface area contributed by atoms with E-state index in [1.165, 1.54) is 0 Å². The predicted molar refractivity (Wildman–Crippen MR) is 149 cm³/mol. The van der Waals surface area contributed by atoms with Crippen molar-refractivity contribution in [3.8, 4) is 5.75 Å². The topological polar surface area (TPSA) is 98.4 Å². The van der Waals surface area contributed by atoms with E-state index in [0.717, 1.165) is 59.7 Å². The lowest BCUT2D eigenvalue weighted by molar-refractivity contribution is 0.312. The highest BCUT2D eigenvalue weighted by Crippen LogP contribution is 2.39. The summed E-state index contributed by atoms with van der Waals surface area (Å²) in [5.41, 5.74) is 3.37. The van der Waals surface area contributed by atoms with E-state index in [1.807, 2.05) is 42.6 Å². The molecule has 0 amide bonds. The van der Waals surface area contributed by atoms with Gasteiger partial charge >= 0.3 is 0 Å². The molecule has 9 nitrogen and oxygen atoms in total. The zero-order chi connectivity index (χ0) is 25.3. The Hall–Kier alpha value is -3.55. The molecule has 0 atom stereocenters. The van der Waals surface area contributed by atoms with E-state index in [0.29, 0.717) is 17.4 Å². The van der Waals surface area contributed by atoms with Crippen molar-refractivity contribution in [2.24, 2.45) is 0 Å². The number of nitrogens with zero attached hydrogens (tertiary/aromatic N) is 4. The van der Waals surface area contributed by atoms with Gasteiger partial charge in [-0.1, -0.05) is 12.1 Å². The number of hydrogen-bond donors (Lipinski definition) is 3. The van der Waals surface area contributed by atoms with Crippen LogP contribution in [0.4, 0.5) is 28.8 Å². The minimum atomic E-state index is -2.49. The molecular formula is C26H32N7O2P. The second-order valence-corrected chi connectivity index (χ2v) is 12.6. The van der Waals surface area contributed by atoms with Gasteiger partial charge in [0.1, 0.15) is 24.4 Å². The molecule has 0 unspecified atom stereocenters. The SMILES string of the molecule is COc1cc(N2CCN(C)CC2)ccc1Nc1nc(Nc2ccccc2P(C)(C)=O)c2cc[nH]c2n1. The van der Waals surface area contributed by atoms with Crippen LogP contribution in [0.15, 0.2) is 54.7 Å². The lowest BCUT2D eigenvalue weighted by Gasteiger charge is -2.34. The van der Waals surface area contributed by atoms with Crippen molar-refractivity contribution in [2.75, 3.05) is 69.2 Å². The highest BCUT2D eigenvalue weighted by molar-refractivity contribution is 7.70. The third-order valence-corrected chi connectivity index (χ3v) is 8.00. The predicted octanol–water partition coefficient (Wildman–Crippen LogP) is 4.45. The highest BCUT2D eigenvalue weighted by atomic mass is 31.2. The molecule has 36 heavy (non-hydrogen) atoms. The molecule has 1 saturated heterocycles. The fourth-order valence-electron chi connectivity index (χ4n) is 4.43. The number of rotatable bonds is 7. The largest absolute Gasteiger partial charge is 0.494 e. The van der Waals surface area contributed by atoms with Gasteiger partial charge < -0.3 is 34.7 Å². The van der Waals surface area contributed by atoms with Gasteiger partial charge in [-0.3, -0.25) is 0 Å². The van der Waals surface area contributed by atoms with Crippen molar-refractivity contribution in [1.29, 1.82) is 0 Å². The molecule has 0 spiro atoms. The first-order chi connectivity index (χ1) is 17.3. The fraction of sp³-hybridized carbons (Fsp3) is 0.308. The fourth-order valence-corrected chi connectivity index (χ4v) is 5.59. The Morgan fingerprint density at radius 2 is 1.75 bits per heavy atom. The summed E-state index contributed by atoms with van der Waals surface area (Å²) in [6.07, 6.45) is 1.83. The van der Waals surface area contributed by atoms with Gasteiger partial charge in [0.05, 0.1) is 23.9 Å². The van der Waals surface area contributed by atoms with Crippen LogP contribution in [0.25, 0.3) is 11.0 Å². The van der Waals surface area contributed by atoms with Crippen LogP contribution < -0.4 is 25.6 Å². The molecule has 0 aliphatic carbocycles. The zero-order valence-corrected chi connectivity index (χ0v) is 22.0. The number of aromatic nitrogens is 3. The maximum atomic E-state index is 12.9. The molecule has 3 N–H and O–H groups in total. The summed E-state index contributed by atoms with van der Waals surface area (Å²) in [5.74, 6) is 1.77. The smallest absolute Gasteiger partial charge is 0.231 e. The number of para-hydroxylation sites is 1. The van der Waals surface area contributed by atoms with Gasteiger partial charge in [-0.25, -0.2) is 0 Å². The van der Waals surface area contributed by atoms with Crippen molar-refractivity contribution in [1.82, 2.24) is 19.9 Å². The lowest BCUT2D eigenvalue weighted by atomic mass is 10.2. The van der Waals surface area contributed by atoms with Crippen LogP contribution in [0.3, 0.4) is 0 Å². The molecule has 2 aromatic carbocycles. The molecule has 0 bridgehead atoms. The summed E-state index contributed by atoms with van der Waals surface area (Å²) >= 11 is 0. The Morgan fingerprint density at radius 1 is 0.972 bits per heavy atom. The summed E-state index contributed by atoms with van der Waals surface area (Å²) in [4.78, 5) is 17.3. The zero-order valence-electron chi connectivity index (χ0n) is 21.1. The van der Waals surface area contributed by atoms with Crippen LogP contribution in [0.1, 0.15) is 0 Å². The Bertz CT molecular complexity index is 1420. The normalized spacial score (nSPS) is 14.7. The number of anilines is 5. The standard InChI is InChI=1S/C26H32N7O2P/c1-32-13-15-33(16-14-32)18-9-10-20(22(17-18)35-2)29-26-30-24-19(11-12-27-24)25(31-26)28-21-7-5-6-8-23(21)36(3,4)34/h5-12,17H,13-16H2,1-4H3,(H3,27,28,29,30,31). The number of fused-ring (bicyclic) bond motifs is 1. The Balaban J connectivity index is 1.45. The number of likely N-dealkylation sites (N-methyl/N-ethyl adjacent to an activating group) is 1. The van der Waals surface area contributed by atoms with Crippen molar-refractivity contribution in [2.45, 2.75) is 0 Å². The van der Waals surface area contributed by atoms with Crippen molar-refractivity contribution >= 4 is 52.3 Å². The minimum absolute atomic E-state index is 0.423. The molecule has 2 aromatic heterocycles. The number of methoxy groups -OCH3 is 1. The first-order valence-electron chi connectivity index (χ1n) is 12.0. The molecule has 4 aromatic rings. The second kappa shape index (κ2) is 9.84. The molecule has 3 heterocycles. The first-order valence-corrected chi connectivity index (χ1v) is 14.6. The first kappa shape index (κ1) is 24.2. The van der Waals surface area contributed by atoms with Crippen molar-refractivity contribution in [3.05, 3.63) is 54.7 Å². The monoisotopic (exact) mass is 505 g/mol. The molecule has 1 aliphatic heterocycles.